The standard InChI is InChI=1S/C14H19N3O/c1-4-18-9-8-17(3)14-12-7-5-6-11(2)13(12)15-10-16-14/h5-7,10H,4,8-9H2,1-3H3. The maximum atomic E-state index is 5.38. The van der Waals surface area contributed by atoms with Crippen molar-refractivity contribution in [3.8, 4) is 0 Å². The Morgan fingerprint density at radius 1 is 1.28 bits per heavy atom. The molecule has 0 fully saturated rings. The van der Waals surface area contributed by atoms with Crippen LogP contribution in [0.25, 0.3) is 10.9 Å². The maximum absolute atomic E-state index is 5.38. The Labute approximate surface area is 108 Å². The number of benzene rings is 1. The lowest BCUT2D eigenvalue weighted by Gasteiger charge is -2.19. The van der Waals surface area contributed by atoms with Crippen molar-refractivity contribution < 1.29 is 4.74 Å². The smallest absolute Gasteiger partial charge is 0.139 e. The van der Waals surface area contributed by atoms with Gasteiger partial charge in [-0.3, -0.25) is 0 Å². The molecule has 1 aromatic carbocycles. The van der Waals surface area contributed by atoms with Gasteiger partial charge in [0, 0.05) is 25.6 Å². The molecule has 0 aliphatic carbocycles. The van der Waals surface area contributed by atoms with Gasteiger partial charge < -0.3 is 9.64 Å². The molecule has 0 atom stereocenters. The van der Waals surface area contributed by atoms with Gasteiger partial charge in [0.1, 0.15) is 12.1 Å². The number of rotatable bonds is 5. The van der Waals surface area contributed by atoms with Crippen LogP contribution in [0.1, 0.15) is 12.5 Å². The molecule has 0 spiro atoms. The van der Waals surface area contributed by atoms with Crippen molar-refractivity contribution in [1.29, 1.82) is 0 Å². The average molecular weight is 245 g/mol. The quantitative estimate of drug-likeness (QED) is 0.758. The molecule has 1 aromatic heterocycles. The first-order valence-corrected chi connectivity index (χ1v) is 6.23. The molecule has 0 amide bonds. The van der Waals surface area contributed by atoms with Gasteiger partial charge in [-0.1, -0.05) is 12.1 Å². The van der Waals surface area contributed by atoms with Gasteiger partial charge in [-0.15, -0.1) is 0 Å². The van der Waals surface area contributed by atoms with Gasteiger partial charge in [0.15, 0.2) is 0 Å². The average Bonchev–Trinajstić information content (AvgIpc) is 2.39. The Morgan fingerprint density at radius 3 is 2.89 bits per heavy atom. The lowest BCUT2D eigenvalue weighted by molar-refractivity contribution is 0.154. The van der Waals surface area contributed by atoms with E-state index in [1.54, 1.807) is 6.33 Å². The molecular weight excluding hydrogens is 226 g/mol. The Bertz CT molecular complexity index is 527. The monoisotopic (exact) mass is 245 g/mol. The highest BCUT2D eigenvalue weighted by atomic mass is 16.5. The number of likely N-dealkylation sites (N-methyl/N-ethyl adjacent to an activating group) is 1. The van der Waals surface area contributed by atoms with Gasteiger partial charge >= 0.3 is 0 Å². The Kier molecular flexibility index (Phi) is 4.10. The second-order valence-corrected chi connectivity index (χ2v) is 4.29. The van der Waals surface area contributed by atoms with E-state index in [1.807, 2.05) is 20.0 Å². The number of para-hydroxylation sites is 1. The fourth-order valence-electron chi connectivity index (χ4n) is 1.98. The molecule has 4 heteroatoms. The summed E-state index contributed by atoms with van der Waals surface area (Å²) in [7, 11) is 2.03. The molecule has 0 aliphatic heterocycles. The molecule has 0 saturated carbocycles. The van der Waals surface area contributed by atoms with Gasteiger partial charge in [-0.05, 0) is 25.5 Å². The molecule has 1 heterocycles. The van der Waals surface area contributed by atoms with E-state index < -0.39 is 0 Å². The first-order valence-electron chi connectivity index (χ1n) is 6.23. The van der Waals surface area contributed by atoms with Crippen molar-refractivity contribution in [2.75, 3.05) is 31.7 Å². The first kappa shape index (κ1) is 12.8. The third-order valence-electron chi connectivity index (χ3n) is 2.98. The van der Waals surface area contributed by atoms with Gasteiger partial charge in [-0.2, -0.15) is 0 Å². The van der Waals surface area contributed by atoms with E-state index in [2.05, 4.69) is 33.9 Å². The lowest BCUT2D eigenvalue weighted by atomic mass is 10.1. The van der Waals surface area contributed by atoms with Crippen molar-refractivity contribution in [2.24, 2.45) is 0 Å². The predicted molar refractivity (Wildman–Crippen MR) is 74.0 cm³/mol. The Hall–Kier alpha value is -1.68. The minimum atomic E-state index is 0.713. The normalized spacial score (nSPS) is 10.8. The first-order chi connectivity index (χ1) is 8.74. The number of aromatic nitrogens is 2. The number of aryl methyl sites for hydroxylation is 1. The van der Waals surface area contributed by atoms with E-state index in [0.717, 1.165) is 29.9 Å². The number of hydrogen-bond donors (Lipinski definition) is 0. The Balaban J connectivity index is 2.30. The van der Waals surface area contributed by atoms with Gasteiger partial charge in [0.05, 0.1) is 12.1 Å². The van der Waals surface area contributed by atoms with Crippen molar-refractivity contribution in [3.63, 3.8) is 0 Å². The number of fused-ring (bicyclic) bond motifs is 1. The van der Waals surface area contributed by atoms with Crippen LogP contribution in [0.3, 0.4) is 0 Å². The van der Waals surface area contributed by atoms with Crippen LogP contribution in [-0.4, -0.2) is 36.8 Å². The zero-order valence-electron chi connectivity index (χ0n) is 11.2. The van der Waals surface area contributed by atoms with Crippen LogP contribution in [0.2, 0.25) is 0 Å². The topological polar surface area (TPSA) is 38.2 Å². The number of nitrogens with zero attached hydrogens (tertiary/aromatic N) is 3. The highest BCUT2D eigenvalue weighted by Crippen LogP contribution is 2.23. The van der Waals surface area contributed by atoms with Crippen LogP contribution in [0, 0.1) is 6.92 Å². The highest BCUT2D eigenvalue weighted by Gasteiger charge is 2.09. The largest absolute Gasteiger partial charge is 0.380 e. The Morgan fingerprint density at radius 2 is 2.11 bits per heavy atom. The van der Waals surface area contributed by atoms with E-state index in [1.165, 1.54) is 5.56 Å². The van der Waals surface area contributed by atoms with Crippen molar-refractivity contribution in [2.45, 2.75) is 13.8 Å². The molecule has 0 N–H and O–H groups in total. The highest BCUT2D eigenvalue weighted by molar-refractivity contribution is 5.91. The fourth-order valence-corrected chi connectivity index (χ4v) is 1.98. The summed E-state index contributed by atoms with van der Waals surface area (Å²) in [6.45, 7) is 6.36. The van der Waals surface area contributed by atoms with E-state index in [-0.39, 0.29) is 0 Å². The maximum Gasteiger partial charge on any atom is 0.139 e. The summed E-state index contributed by atoms with van der Waals surface area (Å²) in [5.41, 5.74) is 2.19. The van der Waals surface area contributed by atoms with Crippen LogP contribution in [0.15, 0.2) is 24.5 Å². The molecule has 0 unspecified atom stereocenters. The second kappa shape index (κ2) is 5.78. The molecule has 2 aromatic rings. The van der Waals surface area contributed by atoms with Gasteiger partial charge in [0.2, 0.25) is 0 Å². The van der Waals surface area contributed by atoms with Crippen LogP contribution in [0.4, 0.5) is 5.82 Å². The van der Waals surface area contributed by atoms with Crippen LogP contribution < -0.4 is 4.90 Å². The summed E-state index contributed by atoms with van der Waals surface area (Å²) in [4.78, 5) is 10.8. The predicted octanol–water partition coefficient (Wildman–Crippen LogP) is 2.41. The summed E-state index contributed by atoms with van der Waals surface area (Å²) < 4.78 is 5.38. The molecular formula is C14H19N3O. The van der Waals surface area contributed by atoms with E-state index in [0.29, 0.717) is 6.61 Å². The molecule has 18 heavy (non-hydrogen) atoms. The minimum Gasteiger partial charge on any atom is -0.380 e. The summed E-state index contributed by atoms with van der Waals surface area (Å²) >= 11 is 0. The summed E-state index contributed by atoms with van der Waals surface area (Å²) in [6, 6.07) is 6.18. The molecule has 4 nitrogen and oxygen atoms in total. The zero-order chi connectivity index (χ0) is 13.0. The van der Waals surface area contributed by atoms with E-state index >= 15 is 0 Å². The number of anilines is 1. The molecule has 2 rings (SSSR count). The zero-order valence-corrected chi connectivity index (χ0v) is 11.2. The molecule has 0 aliphatic rings. The van der Waals surface area contributed by atoms with Crippen molar-refractivity contribution >= 4 is 16.7 Å². The van der Waals surface area contributed by atoms with Crippen LogP contribution in [0.5, 0.6) is 0 Å². The summed E-state index contributed by atoms with van der Waals surface area (Å²) in [5, 5.41) is 1.09. The van der Waals surface area contributed by atoms with Crippen LogP contribution in [-0.2, 0) is 4.74 Å². The van der Waals surface area contributed by atoms with Crippen LogP contribution >= 0.6 is 0 Å². The third-order valence-corrected chi connectivity index (χ3v) is 2.98. The van der Waals surface area contributed by atoms with Crippen molar-refractivity contribution in [1.82, 2.24) is 9.97 Å². The number of ether oxygens (including phenoxy) is 1. The second-order valence-electron chi connectivity index (χ2n) is 4.29. The van der Waals surface area contributed by atoms with Gasteiger partial charge in [-0.25, -0.2) is 9.97 Å². The molecule has 0 radical (unpaired) electrons. The molecule has 0 bridgehead atoms. The minimum absolute atomic E-state index is 0.713. The summed E-state index contributed by atoms with van der Waals surface area (Å²) in [6.07, 6.45) is 1.63. The fraction of sp³-hybridized carbons (Fsp3) is 0.429. The lowest BCUT2D eigenvalue weighted by Crippen LogP contribution is -2.23. The molecule has 96 valence electrons. The van der Waals surface area contributed by atoms with Gasteiger partial charge in [0.25, 0.3) is 0 Å². The van der Waals surface area contributed by atoms with Crippen molar-refractivity contribution in [3.05, 3.63) is 30.1 Å². The van der Waals surface area contributed by atoms with E-state index in [4.69, 9.17) is 4.74 Å². The SMILES string of the molecule is CCOCCN(C)c1ncnc2c(C)cccc12. The number of hydrogen-bond acceptors (Lipinski definition) is 4. The summed E-state index contributed by atoms with van der Waals surface area (Å²) in [5.74, 6) is 0.961. The third kappa shape index (κ3) is 2.59. The molecule has 0 saturated heterocycles. The van der Waals surface area contributed by atoms with E-state index in [9.17, 15) is 0 Å².